The van der Waals surface area contributed by atoms with Gasteiger partial charge in [0.25, 0.3) is 0 Å². The van der Waals surface area contributed by atoms with Crippen molar-refractivity contribution in [1.29, 1.82) is 0 Å². The van der Waals surface area contributed by atoms with Crippen LogP contribution in [0.2, 0.25) is 0 Å². The molecule has 0 unspecified atom stereocenters. The molecule has 0 aromatic rings. The van der Waals surface area contributed by atoms with Gasteiger partial charge in [0.05, 0.1) is 6.26 Å². The summed E-state index contributed by atoms with van der Waals surface area (Å²) in [5.74, 6) is 0.0184. The smallest absolute Gasteiger partial charge is 0.161 e. The van der Waals surface area contributed by atoms with Crippen LogP contribution in [0.4, 0.5) is 0 Å². The van der Waals surface area contributed by atoms with Gasteiger partial charge in [-0.1, -0.05) is 23.3 Å². The van der Waals surface area contributed by atoms with Crippen LogP contribution in [0.5, 0.6) is 0 Å². The molecule has 0 radical (unpaired) electrons. The lowest BCUT2D eigenvalue weighted by atomic mass is 10.0. The van der Waals surface area contributed by atoms with Gasteiger partial charge in [0.1, 0.15) is 0 Å². The zero-order valence-corrected chi connectivity index (χ0v) is 11.4. The number of hydrogen-bond acceptors (Lipinski definition) is 2. The molecule has 0 bridgehead atoms. The Bertz CT molecular complexity index is 333. The predicted molar refractivity (Wildman–Crippen MR) is 73.0 cm³/mol. The van der Waals surface area contributed by atoms with Crippen LogP contribution in [0.15, 0.2) is 35.1 Å². The first-order chi connectivity index (χ1) is 8.01. The highest BCUT2D eigenvalue weighted by atomic mass is 16.2. The average molecular weight is 236 g/mol. The third-order valence-corrected chi connectivity index (χ3v) is 2.90. The molecule has 0 aliphatic rings. The van der Waals surface area contributed by atoms with Crippen LogP contribution >= 0.6 is 0 Å². The Labute approximate surface area is 105 Å². The second kappa shape index (κ2) is 8.80. The van der Waals surface area contributed by atoms with Gasteiger partial charge in [-0.25, -0.2) is 0 Å². The third kappa shape index (κ3) is 7.56. The Balaban J connectivity index is 3.98. The maximum Gasteiger partial charge on any atom is 0.161 e. The lowest BCUT2D eigenvalue weighted by Crippen LogP contribution is -1.99. The van der Waals surface area contributed by atoms with E-state index >= 15 is 0 Å². The van der Waals surface area contributed by atoms with Gasteiger partial charge in [-0.3, -0.25) is 4.79 Å². The highest BCUT2D eigenvalue weighted by molar-refractivity contribution is 5.94. The number of allylic oxidation sites excluding steroid dienone is 5. The van der Waals surface area contributed by atoms with E-state index in [1.807, 2.05) is 0 Å². The molecule has 1 N–H and O–H groups in total. The highest BCUT2D eigenvalue weighted by Gasteiger charge is 2.04. The van der Waals surface area contributed by atoms with Crippen LogP contribution in [0, 0.1) is 0 Å². The third-order valence-electron chi connectivity index (χ3n) is 2.90. The molecule has 2 nitrogen and oxygen atoms in total. The zero-order chi connectivity index (χ0) is 13.3. The minimum atomic E-state index is 0.0184. The van der Waals surface area contributed by atoms with Gasteiger partial charge in [0.15, 0.2) is 5.78 Å². The van der Waals surface area contributed by atoms with Crippen LogP contribution in [0.25, 0.3) is 0 Å². The topological polar surface area (TPSA) is 37.3 Å². The molecule has 0 spiro atoms. The summed E-state index contributed by atoms with van der Waals surface area (Å²) in [7, 11) is 0. The summed E-state index contributed by atoms with van der Waals surface area (Å²) < 4.78 is 0. The first-order valence-electron chi connectivity index (χ1n) is 6.12. The number of carbonyl (C=O) groups is 1. The molecule has 0 amide bonds. The summed E-state index contributed by atoms with van der Waals surface area (Å²) in [5.41, 5.74) is 3.07. The molecule has 0 fully saturated rings. The van der Waals surface area contributed by atoms with E-state index in [4.69, 9.17) is 5.11 Å². The van der Waals surface area contributed by atoms with Gasteiger partial charge < -0.3 is 5.11 Å². The minimum absolute atomic E-state index is 0.0184. The second-order valence-corrected chi connectivity index (χ2v) is 4.46. The summed E-state index contributed by atoms with van der Waals surface area (Å²) in [4.78, 5) is 11.4. The van der Waals surface area contributed by atoms with E-state index in [2.05, 4.69) is 32.9 Å². The van der Waals surface area contributed by atoms with E-state index in [1.54, 1.807) is 6.92 Å². The van der Waals surface area contributed by atoms with E-state index in [1.165, 1.54) is 11.1 Å². The van der Waals surface area contributed by atoms with Gasteiger partial charge in [-0.05, 0) is 47.0 Å². The average Bonchev–Trinajstić information content (AvgIpc) is 2.34. The molecule has 2 heteroatoms. The van der Waals surface area contributed by atoms with E-state index < -0.39 is 0 Å². The molecule has 0 aromatic carbocycles. The summed E-state index contributed by atoms with van der Waals surface area (Å²) in [6.45, 7) is 7.86. The van der Waals surface area contributed by atoms with Gasteiger partial charge in [0, 0.05) is 12.0 Å². The van der Waals surface area contributed by atoms with Crippen LogP contribution in [0.3, 0.4) is 0 Å². The summed E-state index contributed by atoms with van der Waals surface area (Å²) in [6.07, 6.45) is 8.58. The molecular formula is C15H24O2. The van der Waals surface area contributed by atoms with Crippen molar-refractivity contribution in [1.82, 2.24) is 0 Å². The van der Waals surface area contributed by atoms with E-state index in [-0.39, 0.29) is 5.78 Å². The molecule has 0 aliphatic heterocycles. The monoisotopic (exact) mass is 236 g/mol. The van der Waals surface area contributed by atoms with E-state index in [0.717, 1.165) is 25.5 Å². The maximum atomic E-state index is 11.4. The van der Waals surface area contributed by atoms with Crippen molar-refractivity contribution >= 4 is 5.78 Å². The predicted octanol–water partition coefficient (Wildman–Crippen LogP) is 4.49. The van der Waals surface area contributed by atoms with Gasteiger partial charge >= 0.3 is 0 Å². The number of aliphatic hydroxyl groups excluding tert-OH is 1. The molecule has 0 saturated carbocycles. The molecule has 0 saturated heterocycles. The summed E-state index contributed by atoms with van der Waals surface area (Å²) in [6, 6.07) is 0. The Kier molecular flexibility index (Phi) is 8.12. The Morgan fingerprint density at radius 2 is 1.71 bits per heavy atom. The van der Waals surface area contributed by atoms with Crippen molar-refractivity contribution in [3.63, 3.8) is 0 Å². The van der Waals surface area contributed by atoms with Crippen molar-refractivity contribution in [2.45, 2.75) is 53.4 Å². The van der Waals surface area contributed by atoms with Crippen LogP contribution < -0.4 is 0 Å². The fourth-order valence-corrected chi connectivity index (χ4v) is 1.37. The largest absolute Gasteiger partial charge is 0.515 e. The molecule has 96 valence electrons. The SMILES string of the molecule is CC=C(C)CCC=C(C)CCC(=O)C(C)=CO. The van der Waals surface area contributed by atoms with Crippen molar-refractivity contribution in [3.8, 4) is 0 Å². The van der Waals surface area contributed by atoms with Gasteiger partial charge in [-0.15, -0.1) is 0 Å². The lowest BCUT2D eigenvalue weighted by Gasteiger charge is -2.02. The molecule has 0 aromatic heterocycles. The van der Waals surface area contributed by atoms with Gasteiger partial charge in [0.2, 0.25) is 0 Å². The first kappa shape index (κ1) is 15.7. The highest BCUT2D eigenvalue weighted by Crippen LogP contribution is 2.11. The summed E-state index contributed by atoms with van der Waals surface area (Å²) >= 11 is 0. The normalized spacial score (nSPS) is 14.0. The second-order valence-electron chi connectivity index (χ2n) is 4.46. The quantitative estimate of drug-likeness (QED) is 0.402. The fourth-order valence-electron chi connectivity index (χ4n) is 1.37. The van der Waals surface area contributed by atoms with Crippen LogP contribution in [-0.2, 0) is 4.79 Å². The molecule has 0 heterocycles. The van der Waals surface area contributed by atoms with Crippen molar-refractivity contribution in [3.05, 3.63) is 35.1 Å². The zero-order valence-electron chi connectivity index (χ0n) is 11.4. The first-order valence-corrected chi connectivity index (χ1v) is 6.12. The molecule has 0 aliphatic carbocycles. The number of ketones is 1. The van der Waals surface area contributed by atoms with E-state index in [9.17, 15) is 4.79 Å². The van der Waals surface area contributed by atoms with Crippen molar-refractivity contribution < 1.29 is 9.90 Å². The van der Waals surface area contributed by atoms with Crippen molar-refractivity contribution in [2.24, 2.45) is 0 Å². The number of Topliss-reactive ketones (excluding diaryl/α,β-unsaturated/α-hetero) is 1. The van der Waals surface area contributed by atoms with E-state index in [0.29, 0.717) is 12.0 Å². The standard InChI is InChI=1S/C15H24O2/c1-5-12(2)7-6-8-13(3)9-10-15(17)14(4)11-16/h5,8,11,16H,6-7,9-10H2,1-4H3. The number of hydrogen-bond donors (Lipinski definition) is 1. The van der Waals surface area contributed by atoms with Gasteiger partial charge in [-0.2, -0.15) is 0 Å². The fraction of sp³-hybridized carbons (Fsp3) is 0.533. The molecule has 0 rings (SSSR count). The molecular weight excluding hydrogens is 212 g/mol. The number of carbonyl (C=O) groups excluding carboxylic acids is 1. The minimum Gasteiger partial charge on any atom is -0.515 e. The molecule has 0 atom stereocenters. The van der Waals surface area contributed by atoms with Crippen LogP contribution in [-0.4, -0.2) is 10.9 Å². The van der Waals surface area contributed by atoms with Crippen LogP contribution in [0.1, 0.15) is 53.4 Å². The Hall–Kier alpha value is -1.31. The van der Waals surface area contributed by atoms with Crippen molar-refractivity contribution in [2.75, 3.05) is 0 Å². The Morgan fingerprint density at radius 1 is 1.06 bits per heavy atom. The molecule has 17 heavy (non-hydrogen) atoms. The number of aliphatic hydroxyl groups is 1. The lowest BCUT2D eigenvalue weighted by molar-refractivity contribution is -0.115. The maximum absolute atomic E-state index is 11.4. The summed E-state index contributed by atoms with van der Waals surface area (Å²) in [5, 5.41) is 8.70. The number of rotatable bonds is 7. The Morgan fingerprint density at radius 3 is 2.24 bits per heavy atom.